The molecule has 0 unspecified atom stereocenters. The summed E-state index contributed by atoms with van der Waals surface area (Å²) in [6.07, 6.45) is 0. The minimum atomic E-state index is 0.588. The summed E-state index contributed by atoms with van der Waals surface area (Å²) < 4.78 is 10.2. The van der Waals surface area contributed by atoms with E-state index in [1.807, 2.05) is 49.2 Å². The lowest BCUT2D eigenvalue weighted by molar-refractivity contribution is 0.419. The highest BCUT2D eigenvalue weighted by molar-refractivity contribution is 6.09. The van der Waals surface area contributed by atoms with E-state index in [9.17, 15) is 0 Å². The highest BCUT2D eigenvalue weighted by atomic mass is 35.5. The number of aryl methyl sites for hydroxylation is 1. The Bertz CT molecular complexity index is 837. The van der Waals surface area contributed by atoms with E-state index < -0.39 is 0 Å². The van der Waals surface area contributed by atoms with Gasteiger partial charge in [-0.15, -0.1) is 0 Å². The number of anilines is 2. The van der Waals surface area contributed by atoms with E-state index >= 15 is 0 Å². The average Bonchev–Trinajstić information content (AvgIpc) is 2.59. The molecule has 0 N–H and O–H groups in total. The van der Waals surface area contributed by atoms with Gasteiger partial charge < -0.3 is 13.9 Å². The Kier molecular flexibility index (Phi) is 4.21. The number of fused-ring (bicyclic) bond motifs is 1. The number of halogens is 1. The van der Waals surface area contributed by atoms with E-state index in [2.05, 4.69) is 14.3 Å². The van der Waals surface area contributed by atoms with Gasteiger partial charge >= 0.3 is 0 Å². The molecule has 0 atom stereocenters. The average molecular weight is 330 g/mol. The molecule has 0 saturated heterocycles. The Labute approximate surface area is 139 Å². The quantitative estimate of drug-likeness (QED) is 0.716. The van der Waals surface area contributed by atoms with Crippen molar-refractivity contribution in [3.8, 4) is 11.5 Å². The third kappa shape index (κ3) is 2.87. The van der Waals surface area contributed by atoms with Crippen LogP contribution < -0.4 is 13.9 Å². The third-order valence-electron chi connectivity index (χ3n) is 3.63. The molecule has 0 bridgehead atoms. The van der Waals surface area contributed by atoms with Crippen LogP contribution in [0.5, 0.6) is 11.5 Å². The van der Waals surface area contributed by atoms with Crippen molar-refractivity contribution < 1.29 is 9.03 Å². The van der Waals surface area contributed by atoms with Crippen LogP contribution in [0.2, 0.25) is 0 Å². The van der Waals surface area contributed by atoms with Gasteiger partial charge in [0.05, 0.1) is 18.0 Å². The van der Waals surface area contributed by atoms with E-state index in [4.69, 9.17) is 16.6 Å². The number of benzene rings is 2. The van der Waals surface area contributed by atoms with E-state index in [1.165, 1.54) is 0 Å². The fourth-order valence-electron chi connectivity index (χ4n) is 2.50. The fourth-order valence-corrected chi connectivity index (χ4v) is 2.61. The molecule has 1 heterocycles. The van der Waals surface area contributed by atoms with Gasteiger partial charge in [0.15, 0.2) is 0 Å². The highest BCUT2D eigenvalue weighted by Crippen LogP contribution is 2.35. The molecule has 23 heavy (non-hydrogen) atoms. The molecule has 3 aromatic rings. The minimum Gasteiger partial charge on any atom is -0.496 e. The van der Waals surface area contributed by atoms with Gasteiger partial charge in [-0.05, 0) is 43.3 Å². The summed E-state index contributed by atoms with van der Waals surface area (Å²) in [5.41, 5.74) is 1.80. The molecule has 0 radical (unpaired) electrons. The molecule has 0 aliphatic carbocycles. The summed E-state index contributed by atoms with van der Waals surface area (Å²) in [7, 11) is 3.59. The second-order valence-corrected chi connectivity index (χ2v) is 5.23. The number of hydrogen-bond donors (Lipinski definition) is 0. The normalized spacial score (nSPS) is 10.6. The summed E-state index contributed by atoms with van der Waals surface area (Å²) in [4.78, 5) is 11.1. The molecule has 0 saturated carbocycles. The van der Waals surface area contributed by atoms with Gasteiger partial charge in [-0.3, -0.25) is 0 Å². The third-order valence-corrected chi connectivity index (χ3v) is 3.81. The van der Waals surface area contributed by atoms with Crippen molar-refractivity contribution in [1.82, 2.24) is 9.97 Å². The molecule has 0 fully saturated rings. The van der Waals surface area contributed by atoms with Crippen molar-refractivity contribution in [1.29, 1.82) is 0 Å². The molecule has 0 aliphatic heterocycles. The summed E-state index contributed by atoms with van der Waals surface area (Å²) in [5, 5.41) is 0.876. The lowest BCUT2D eigenvalue weighted by Gasteiger charge is -2.21. The summed E-state index contributed by atoms with van der Waals surface area (Å²) in [6.45, 7) is 1.88. The number of methoxy groups -OCH3 is 1. The van der Waals surface area contributed by atoms with Crippen LogP contribution in [-0.4, -0.2) is 24.1 Å². The Morgan fingerprint density at radius 3 is 2.43 bits per heavy atom. The lowest BCUT2D eigenvalue weighted by Crippen LogP contribution is -2.13. The van der Waals surface area contributed by atoms with Crippen LogP contribution in [0.1, 0.15) is 5.82 Å². The van der Waals surface area contributed by atoms with Crippen LogP contribution in [-0.2, 0) is 0 Å². The molecule has 0 amide bonds. The van der Waals surface area contributed by atoms with Crippen LogP contribution in [0.25, 0.3) is 10.9 Å². The van der Waals surface area contributed by atoms with Gasteiger partial charge in [0, 0.05) is 12.7 Å². The molecule has 5 nitrogen and oxygen atoms in total. The van der Waals surface area contributed by atoms with Gasteiger partial charge in [0.2, 0.25) is 0 Å². The number of rotatable bonds is 4. The van der Waals surface area contributed by atoms with Crippen LogP contribution in [0.3, 0.4) is 0 Å². The van der Waals surface area contributed by atoms with Gasteiger partial charge in [0.25, 0.3) is 0 Å². The van der Waals surface area contributed by atoms with E-state index in [-0.39, 0.29) is 0 Å². The standard InChI is InChI=1S/C17H16ClN3O2/c1-11-19-14-5-4-6-15(22-3)16(14)17(20-11)21(2)12-7-9-13(23-18)10-8-12/h4-10H,1-3H3. The number of ether oxygens (including phenoxy) is 1. The van der Waals surface area contributed by atoms with Crippen LogP contribution >= 0.6 is 11.9 Å². The molecular weight excluding hydrogens is 314 g/mol. The van der Waals surface area contributed by atoms with Gasteiger partial charge in [-0.2, -0.15) is 0 Å². The van der Waals surface area contributed by atoms with Crippen LogP contribution in [0, 0.1) is 6.92 Å². The number of hydrogen-bond acceptors (Lipinski definition) is 5. The summed E-state index contributed by atoms with van der Waals surface area (Å²) in [5.74, 6) is 2.81. The van der Waals surface area contributed by atoms with Crippen molar-refractivity contribution >= 4 is 34.3 Å². The highest BCUT2D eigenvalue weighted by Gasteiger charge is 2.15. The molecule has 118 valence electrons. The van der Waals surface area contributed by atoms with Gasteiger partial charge in [-0.1, -0.05) is 6.07 Å². The monoisotopic (exact) mass is 329 g/mol. The van der Waals surface area contributed by atoms with E-state index in [0.29, 0.717) is 11.6 Å². The predicted octanol–water partition coefficient (Wildman–Crippen LogP) is 4.25. The zero-order valence-electron chi connectivity index (χ0n) is 13.1. The van der Waals surface area contributed by atoms with Gasteiger partial charge in [0.1, 0.15) is 35.0 Å². The van der Waals surface area contributed by atoms with Crippen molar-refractivity contribution in [3.63, 3.8) is 0 Å². The van der Waals surface area contributed by atoms with Gasteiger partial charge in [-0.25, -0.2) is 9.97 Å². The second kappa shape index (κ2) is 6.30. The van der Waals surface area contributed by atoms with Crippen molar-refractivity contribution in [2.24, 2.45) is 0 Å². The molecular formula is C17H16ClN3O2. The smallest absolute Gasteiger partial charge is 0.148 e. The lowest BCUT2D eigenvalue weighted by atomic mass is 10.2. The topological polar surface area (TPSA) is 47.5 Å². The Morgan fingerprint density at radius 2 is 1.78 bits per heavy atom. The first-order valence-electron chi connectivity index (χ1n) is 7.08. The van der Waals surface area contributed by atoms with Crippen LogP contribution in [0.4, 0.5) is 11.5 Å². The van der Waals surface area contributed by atoms with Crippen molar-refractivity contribution in [2.45, 2.75) is 6.92 Å². The molecule has 1 aromatic heterocycles. The second-order valence-electron chi connectivity index (χ2n) is 5.08. The van der Waals surface area contributed by atoms with Crippen molar-refractivity contribution in [3.05, 3.63) is 48.3 Å². The maximum Gasteiger partial charge on any atom is 0.148 e. The summed E-state index contributed by atoms with van der Waals surface area (Å²) in [6, 6.07) is 13.2. The fraction of sp³-hybridized carbons (Fsp3) is 0.176. The zero-order chi connectivity index (χ0) is 16.4. The predicted molar refractivity (Wildman–Crippen MR) is 91.8 cm³/mol. The largest absolute Gasteiger partial charge is 0.496 e. The Balaban J connectivity index is 2.17. The van der Waals surface area contributed by atoms with E-state index in [0.717, 1.165) is 28.2 Å². The first-order chi connectivity index (χ1) is 11.1. The molecule has 6 heteroatoms. The number of nitrogens with zero attached hydrogens (tertiary/aromatic N) is 3. The molecule has 3 rings (SSSR count). The minimum absolute atomic E-state index is 0.588. The Hall–Kier alpha value is -2.53. The molecule has 0 aliphatic rings. The van der Waals surface area contributed by atoms with E-state index in [1.54, 1.807) is 19.2 Å². The zero-order valence-corrected chi connectivity index (χ0v) is 13.8. The first-order valence-corrected chi connectivity index (χ1v) is 7.38. The Morgan fingerprint density at radius 1 is 1.04 bits per heavy atom. The molecule has 0 spiro atoms. The SMILES string of the molecule is COc1cccc2nc(C)nc(N(C)c3ccc(OCl)cc3)c12. The number of aromatic nitrogens is 2. The van der Waals surface area contributed by atoms with Crippen LogP contribution in [0.15, 0.2) is 42.5 Å². The maximum atomic E-state index is 5.49. The summed E-state index contributed by atoms with van der Waals surface area (Å²) >= 11 is 5.36. The first kappa shape index (κ1) is 15.4. The molecule has 2 aromatic carbocycles. The maximum absolute atomic E-state index is 5.49. The van der Waals surface area contributed by atoms with Crippen molar-refractivity contribution in [2.75, 3.05) is 19.1 Å².